The van der Waals surface area contributed by atoms with Crippen molar-refractivity contribution in [3.8, 4) is 0 Å². The number of ether oxygens (including phenoxy) is 1. The highest BCUT2D eigenvalue weighted by Crippen LogP contribution is 2.31. The summed E-state index contributed by atoms with van der Waals surface area (Å²) in [7, 11) is 0. The minimum atomic E-state index is -0.412. The van der Waals surface area contributed by atoms with Crippen molar-refractivity contribution in [1.82, 2.24) is 0 Å². The first-order valence-electron chi connectivity index (χ1n) is 9.04. The zero-order valence-electron chi connectivity index (χ0n) is 15.2. The number of anilines is 2. The van der Waals surface area contributed by atoms with E-state index in [0.717, 1.165) is 0 Å². The SMILES string of the molecule is O=C(COC(=O)C1CCN(c2ccccc2[N+](=O)[O-])CC1)Nc1ccccc1. The highest BCUT2D eigenvalue weighted by Gasteiger charge is 2.29. The van der Waals surface area contributed by atoms with Gasteiger partial charge in [-0.3, -0.25) is 19.7 Å². The smallest absolute Gasteiger partial charge is 0.309 e. The molecule has 1 amide bonds. The Hall–Kier alpha value is -3.42. The van der Waals surface area contributed by atoms with E-state index in [1.165, 1.54) is 6.07 Å². The van der Waals surface area contributed by atoms with E-state index in [2.05, 4.69) is 5.32 Å². The van der Waals surface area contributed by atoms with Gasteiger partial charge in [0.2, 0.25) is 0 Å². The Balaban J connectivity index is 1.48. The lowest BCUT2D eigenvalue weighted by atomic mass is 9.96. The topological polar surface area (TPSA) is 102 Å². The fourth-order valence-electron chi connectivity index (χ4n) is 3.22. The summed E-state index contributed by atoms with van der Waals surface area (Å²) in [6, 6.07) is 15.5. The Morgan fingerprint density at radius 1 is 1.07 bits per heavy atom. The summed E-state index contributed by atoms with van der Waals surface area (Å²) in [5.74, 6) is -1.12. The average molecular weight is 383 g/mol. The van der Waals surface area contributed by atoms with Crippen molar-refractivity contribution >= 4 is 28.9 Å². The summed E-state index contributed by atoms with van der Waals surface area (Å²) in [5, 5.41) is 13.8. The van der Waals surface area contributed by atoms with Crippen LogP contribution in [0.5, 0.6) is 0 Å². The molecule has 8 nitrogen and oxygen atoms in total. The number of para-hydroxylation sites is 3. The van der Waals surface area contributed by atoms with Crippen LogP contribution in [0.25, 0.3) is 0 Å². The van der Waals surface area contributed by atoms with E-state index in [-0.39, 0.29) is 18.2 Å². The van der Waals surface area contributed by atoms with Gasteiger partial charge in [0.05, 0.1) is 10.8 Å². The van der Waals surface area contributed by atoms with Gasteiger partial charge in [-0.1, -0.05) is 30.3 Å². The van der Waals surface area contributed by atoms with Crippen LogP contribution in [0.15, 0.2) is 54.6 Å². The van der Waals surface area contributed by atoms with Crippen molar-refractivity contribution in [1.29, 1.82) is 0 Å². The molecule has 8 heteroatoms. The van der Waals surface area contributed by atoms with Gasteiger partial charge in [0.15, 0.2) is 6.61 Å². The fraction of sp³-hybridized carbons (Fsp3) is 0.300. The third-order valence-corrected chi connectivity index (χ3v) is 4.65. The molecule has 1 heterocycles. The third kappa shape index (κ3) is 4.85. The maximum atomic E-state index is 12.2. The molecule has 0 spiro atoms. The van der Waals surface area contributed by atoms with Gasteiger partial charge in [-0.25, -0.2) is 0 Å². The molecule has 0 atom stereocenters. The Kier molecular flexibility index (Phi) is 6.21. The van der Waals surface area contributed by atoms with Gasteiger partial charge in [-0.2, -0.15) is 0 Å². The van der Waals surface area contributed by atoms with E-state index in [9.17, 15) is 19.7 Å². The standard InChI is InChI=1S/C20H21N3O5/c24-19(21-16-6-2-1-3-7-16)14-28-20(25)15-10-12-22(13-11-15)17-8-4-5-9-18(17)23(26)27/h1-9,15H,10-14H2,(H,21,24). The van der Waals surface area contributed by atoms with Crippen LogP contribution >= 0.6 is 0 Å². The molecule has 0 saturated carbocycles. The summed E-state index contributed by atoms with van der Waals surface area (Å²) in [4.78, 5) is 36.8. The second kappa shape index (κ2) is 8.98. The quantitative estimate of drug-likeness (QED) is 0.467. The number of benzene rings is 2. The Labute approximate surface area is 162 Å². The van der Waals surface area contributed by atoms with Crippen LogP contribution in [-0.2, 0) is 14.3 Å². The number of rotatable bonds is 6. The molecule has 1 N–H and O–H groups in total. The van der Waals surface area contributed by atoms with Crippen molar-refractivity contribution in [2.75, 3.05) is 29.9 Å². The van der Waals surface area contributed by atoms with Crippen molar-refractivity contribution < 1.29 is 19.2 Å². The van der Waals surface area contributed by atoms with Gasteiger partial charge in [0, 0.05) is 24.8 Å². The molecule has 28 heavy (non-hydrogen) atoms. The number of carbonyl (C=O) groups is 2. The first kappa shape index (κ1) is 19.3. The van der Waals surface area contributed by atoms with Crippen LogP contribution in [0.2, 0.25) is 0 Å². The molecule has 3 rings (SSSR count). The highest BCUT2D eigenvalue weighted by atomic mass is 16.6. The van der Waals surface area contributed by atoms with Crippen LogP contribution in [-0.4, -0.2) is 36.5 Å². The van der Waals surface area contributed by atoms with E-state index in [1.807, 2.05) is 11.0 Å². The number of carbonyl (C=O) groups excluding carboxylic acids is 2. The van der Waals surface area contributed by atoms with E-state index in [4.69, 9.17) is 4.74 Å². The predicted molar refractivity (Wildman–Crippen MR) is 104 cm³/mol. The molecule has 2 aromatic rings. The number of amides is 1. The zero-order valence-corrected chi connectivity index (χ0v) is 15.2. The van der Waals surface area contributed by atoms with Gasteiger partial charge in [0.1, 0.15) is 5.69 Å². The maximum Gasteiger partial charge on any atom is 0.309 e. The lowest BCUT2D eigenvalue weighted by Crippen LogP contribution is -2.37. The van der Waals surface area contributed by atoms with E-state index in [0.29, 0.717) is 37.3 Å². The van der Waals surface area contributed by atoms with Gasteiger partial charge < -0.3 is 15.0 Å². The molecule has 1 saturated heterocycles. The molecule has 1 fully saturated rings. The third-order valence-electron chi connectivity index (χ3n) is 4.65. The number of hydrogen-bond donors (Lipinski definition) is 1. The summed E-state index contributed by atoms with van der Waals surface area (Å²) < 4.78 is 5.14. The van der Waals surface area contributed by atoms with Crippen molar-refractivity contribution in [2.24, 2.45) is 5.92 Å². The number of nitrogens with zero attached hydrogens (tertiary/aromatic N) is 2. The molecule has 0 aliphatic carbocycles. The van der Waals surface area contributed by atoms with Crippen molar-refractivity contribution in [3.05, 3.63) is 64.7 Å². The first-order chi connectivity index (χ1) is 13.5. The second-order valence-electron chi connectivity index (χ2n) is 6.53. The van der Waals surface area contributed by atoms with Crippen LogP contribution < -0.4 is 10.2 Å². The second-order valence-corrected chi connectivity index (χ2v) is 6.53. The summed E-state index contributed by atoms with van der Waals surface area (Å²) in [6.45, 7) is 0.694. The van der Waals surface area contributed by atoms with Gasteiger partial charge >= 0.3 is 5.97 Å². The normalized spacial score (nSPS) is 14.4. The van der Waals surface area contributed by atoms with Crippen LogP contribution in [0.4, 0.5) is 17.1 Å². The highest BCUT2D eigenvalue weighted by molar-refractivity contribution is 5.92. The minimum absolute atomic E-state index is 0.0566. The number of nitro groups is 1. The molecule has 0 aromatic heterocycles. The molecule has 0 bridgehead atoms. The molecule has 1 aliphatic rings. The number of piperidine rings is 1. The molecular weight excluding hydrogens is 362 g/mol. The van der Waals surface area contributed by atoms with Crippen LogP contribution in [0.3, 0.4) is 0 Å². The average Bonchev–Trinajstić information content (AvgIpc) is 2.73. The summed E-state index contributed by atoms with van der Waals surface area (Å²) in [6.07, 6.45) is 1.04. The van der Waals surface area contributed by atoms with E-state index < -0.39 is 16.8 Å². The number of esters is 1. The zero-order chi connectivity index (χ0) is 19.9. The minimum Gasteiger partial charge on any atom is -0.455 e. The van der Waals surface area contributed by atoms with Gasteiger partial charge in [-0.15, -0.1) is 0 Å². The number of nitro benzene ring substituents is 1. The van der Waals surface area contributed by atoms with Crippen molar-refractivity contribution in [3.63, 3.8) is 0 Å². The monoisotopic (exact) mass is 383 g/mol. The molecule has 1 aliphatic heterocycles. The molecular formula is C20H21N3O5. The first-order valence-corrected chi connectivity index (χ1v) is 9.04. The molecule has 0 radical (unpaired) electrons. The van der Waals surface area contributed by atoms with Crippen LogP contribution in [0, 0.1) is 16.0 Å². The lowest BCUT2D eigenvalue weighted by molar-refractivity contribution is -0.384. The Bertz CT molecular complexity index is 848. The Morgan fingerprint density at radius 3 is 2.39 bits per heavy atom. The van der Waals surface area contributed by atoms with E-state index >= 15 is 0 Å². The maximum absolute atomic E-state index is 12.2. The fourth-order valence-corrected chi connectivity index (χ4v) is 3.22. The van der Waals surface area contributed by atoms with Crippen LogP contribution in [0.1, 0.15) is 12.8 Å². The largest absolute Gasteiger partial charge is 0.455 e. The number of hydrogen-bond acceptors (Lipinski definition) is 6. The van der Waals surface area contributed by atoms with Gasteiger partial charge in [0.25, 0.3) is 11.6 Å². The van der Waals surface area contributed by atoms with E-state index in [1.54, 1.807) is 42.5 Å². The molecule has 2 aromatic carbocycles. The predicted octanol–water partition coefficient (Wildman–Crippen LogP) is 2.99. The lowest BCUT2D eigenvalue weighted by Gasteiger charge is -2.32. The van der Waals surface area contributed by atoms with Gasteiger partial charge in [-0.05, 0) is 31.0 Å². The summed E-state index contributed by atoms with van der Waals surface area (Å²) >= 11 is 0. The number of nitrogens with one attached hydrogen (secondary N) is 1. The molecule has 146 valence electrons. The Morgan fingerprint density at radius 2 is 1.71 bits per heavy atom. The van der Waals surface area contributed by atoms with Crippen molar-refractivity contribution in [2.45, 2.75) is 12.8 Å². The summed E-state index contributed by atoms with van der Waals surface area (Å²) in [5.41, 5.74) is 1.25. The molecule has 0 unspecified atom stereocenters.